The first-order chi connectivity index (χ1) is 18.7. The van der Waals surface area contributed by atoms with E-state index in [9.17, 15) is 14.4 Å². The van der Waals surface area contributed by atoms with Gasteiger partial charge in [-0.2, -0.15) is 0 Å². The summed E-state index contributed by atoms with van der Waals surface area (Å²) in [5, 5.41) is 5.40. The highest BCUT2D eigenvalue weighted by Crippen LogP contribution is 2.37. The Hall–Kier alpha value is -4.07. The first-order valence-corrected chi connectivity index (χ1v) is 13.4. The van der Waals surface area contributed by atoms with Gasteiger partial charge >= 0.3 is 12.2 Å². The molecule has 1 N–H and O–H groups in total. The van der Waals surface area contributed by atoms with Crippen molar-refractivity contribution in [2.45, 2.75) is 51.5 Å². The van der Waals surface area contributed by atoms with Gasteiger partial charge in [0.2, 0.25) is 0 Å². The van der Waals surface area contributed by atoms with Crippen molar-refractivity contribution < 1.29 is 23.9 Å². The van der Waals surface area contributed by atoms with Gasteiger partial charge in [0.05, 0.1) is 24.5 Å². The van der Waals surface area contributed by atoms with Crippen molar-refractivity contribution in [3.05, 3.63) is 78.4 Å². The van der Waals surface area contributed by atoms with Crippen LogP contribution in [0.5, 0.6) is 0 Å². The maximum Gasteiger partial charge on any atom is 0.410 e. The molecule has 8 nitrogen and oxygen atoms in total. The van der Waals surface area contributed by atoms with Gasteiger partial charge in [0, 0.05) is 24.2 Å². The predicted molar refractivity (Wildman–Crippen MR) is 149 cm³/mol. The van der Waals surface area contributed by atoms with Crippen LogP contribution in [0.4, 0.5) is 15.3 Å². The van der Waals surface area contributed by atoms with E-state index in [1.54, 1.807) is 9.80 Å². The monoisotopic (exact) mass is 529 g/mol. The van der Waals surface area contributed by atoms with Crippen molar-refractivity contribution in [3.8, 4) is 0 Å². The molecule has 5 rings (SSSR count). The lowest BCUT2D eigenvalue weighted by Gasteiger charge is -2.30. The molecule has 2 aliphatic heterocycles. The molecule has 2 fully saturated rings. The van der Waals surface area contributed by atoms with Gasteiger partial charge in [0.25, 0.3) is 0 Å². The number of hydrogen-bond acceptors (Lipinski definition) is 6. The van der Waals surface area contributed by atoms with Crippen LogP contribution in [0.2, 0.25) is 0 Å². The second kappa shape index (κ2) is 11.0. The zero-order chi connectivity index (χ0) is 27.6. The fourth-order valence-electron chi connectivity index (χ4n) is 5.61. The van der Waals surface area contributed by atoms with E-state index in [4.69, 9.17) is 9.47 Å². The van der Waals surface area contributed by atoms with Crippen molar-refractivity contribution in [2.75, 3.05) is 25.0 Å². The summed E-state index contributed by atoms with van der Waals surface area (Å²) >= 11 is 0. The fraction of sp³-hybridized carbons (Fsp3) is 0.387. The number of fused-ring (bicyclic) bond motifs is 2. The molecule has 0 spiro atoms. The van der Waals surface area contributed by atoms with E-state index in [0.717, 1.165) is 22.0 Å². The van der Waals surface area contributed by atoms with Gasteiger partial charge in [-0.15, -0.1) is 0 Å². The molecular weight excluding hydrogens is 494 g/mol. The minimum atomic E-state index is -0.669. The number of amides is 2. The third-order valence-corrected chi connectivity index (χ3v) is 7.35. The molecule has 2 aliphatic rings. The SMILES string of the molecule is CC(C)(C)OC(=O)N1CC[C@@H]2[C@H]1[C@@H](C(=O)CNc1cccc3ccccc13)CN2C(=O)OCc1ccccc1. The molecule has 0 radical (unpaired) electrons. The van der Waals surface area contributed by atoms with E-state index in [2.05, 4.69) is 5.32 Å². The first kappa shape index (κ1) is 26.5. The summed E-state index contributed by atoms with van der Waals surface area (Å²) < 4.78 is 11.3. The van der Waals surface area contributed by atoms with Crippen LogP contribution in [0, 0.1) is 5.92 Å². The number of benzene rings is 3. The Balaban J connectivity index is 1.34. The van der Waals surface area contributed by atoms with E-state index < -0.39 is 29.7 Å². The standard InChI is InChI=1S/C31H35N3O5/c1-31(2,3)39-30(37)33-17-16-26-28(33)24(19-34(26)29(36)38-20-21-10-5-4-6-11-21)27(35)18-32-25-15-9-13-22-12-7-8-14-23(22)25/h4-15,24,26,28,32H,16-20H2,1-3H3/t24-,26-,28-/m1/s1. The molecule has 3 aromatic rings. The van der Waals surface area contributed by atoms with Crippen molar-refractivity contribution in [2.24, 2.45) is 5.92 Å². The normalized spacial score (nSPS) is 20.5. The van der Waals surface area contributed by atoms with Crippen molar-refractivity contribution >= 4 is 34.4 Å². The largest absolute Gasteiger partial charge is 0.445 e. The number of carbonyl (C=O) groups excluding carboxylic acids is 3. The lowest BCUT2D eigenvalue weighted by molar-refractivity contribution is -0.122. The molecule has 0 saturated carbocycles. The molecule has 0 bridgehead atoms. The molecule has 3 aromatic carbocycles. The Morgan fingerprint density at radius 3 is 2.38 bits per heavy atom. The third-order valence-electron chi connectivity index (χ3n) is 7.35. The highest BCUT2D eigenvalue weighted by atomic mass is 16.6. The first-order valence-electron chi connectivity index (χ1n) is 13.4. The van der Waals surface area contributed by atoms with Gasteiger partial charge in [-0.05, 0) is 44.2 Å². The van der Waals surface area contributed by atoms with Crippen LogP contribution >= 0.6 is 0 Å². The van der Waals surface area contributed by atoms with E-state index in [1.165, 1.54) is 0 Å². The quantitative estimate of drug-likeness (QED) is 0.456. The van der Waals surface area contributed by atoms with Crippen LogP contribution in [0.25, 0.3) is 10.8 Å². The Bertz CT molecular complexity index is 1350. The van der Waals surface area contributed by atoms with Gasteiger partial charge in [0.15, 0.2) is 5.78 Å². The zero-order valence-electron chi connectivity index (χ0n) is 22.6. The molecule has 0 aliphatic carbocycles. The van der Waals surface area contributed by atoms with Gasteiger partial charge in [-0.25, -0.2) is 9.59 Å². The van der Waals surface area contributed by atoms with Crippen LogP contribution < -0.4 is 5.32 Å². The minimum Gasteiger partial charge on any atom is -0.445 e. The van der Waals surface area contributed by atoms with Crippen LogP contribution in [-0.4, -0.2) is 65.1 Å². The number of ether oxygens (including phenoxy) is 2. The van der Waals surface area contributed by atoms with Crippen molar-refractivity contribution in [1.29, 1.82) is 0 Å². The van der Waals surface area contributed by atoms with Crippen LogP contribution in [-0.2, 0) is 20.9 Å². The predicted octanol–water partition coefficient (Wildman–Crippen LogP) is 5.47. The summed E-state index contributed by atoms with van der Waals surface area (Å²) in [6.45, 7) is 6.28. The molecule has 39 heavy (non-hydrogen) atoms. The number of hydrogen-bond donors (Lipinski definition) is 1. The van der Waals surface area contributed by atoms with E-state index in [0.29, 0.717) is 13.0 Å². The van der Waals surface area contributed by atoms with Gasteiger partial charge in [-0.3, -0.25) is 4.79 Å². The number of ketones is 1. The van der Waals surface area contributed by atoms with Gasteiger partial charge in [-0.1, -0.05) is 66.7 Å². The molecule has 3 atom stereocenters. The number of Topliss-reactive ketones (excluding diaryl/α,β-unsaturated/α-hetero) is 1. The Kier molecular flexibility index (Phi) is 7.46. The second-order valence-electron chi connectivity index (χ2n) is 11.2. The highest BCUT2D eigenvalue weighted by molar-refractivity contribution is 5.96. The van der Waals surface area contributed by atoms with Crippen LogP contribution in [0.1, 0.15) is 32.8 Å². The number of rotatable bonds is 6. The van der Waals surface area contributed by atoms with Gasteiger partial charge < -0.3 is 24.6 Å². The Labute approximate surface area is 228 Å². The zero-order valence-corrected chi connectivity index (χ0v) is 22.6. The van der Waals surface area contributed by atoms with Crippen molar-refractivity contribution in [1.82, 2.24) is 9.80 Å². The van der Waals surface area contributed by atoms with Crippen LogP contribution in [0.3, 0.4) is 0 Å². The third kappa shape index (κ3) is 5.85. The van der Waals surface area contributed by atoms with Crippen molar-refractivity contribution in [3.63, 3.8) is 0 Å². The molecular formula is C31H35N3O5. The van der Waals surface area contributed by atoms with E-state index in [-0.39, 0.29) is 31.5 Å². The maximum atomic E-state index is 13.7. The summed E-state index contributed by atoms with van der Waals surface area (Å²) in [5.74, 6) is -0.622. The number of carbonyl (C=O) groups is 3. The molecule has 2 amide bonds. The van der Waals surface area contributed by atoms with E-state index >= 15 is 0 Å². The molecule has 8 heteroatoms. The molecule has 0 aromatic heterocycles. The minimum absolute atomic E-state index is 0.0632. The smallest absolute Gasteiger partial charge is 0.410 e. The summed E-state index contributed by atoms with van der Waals surface area (Å²) in [6.07, 6.45) is -0.378. The summed E-state index contributed by atoms with van der Waals surface area (Å²) in [5.41, 5.74) is 1.08. The highest BCUT2D eigenvalue weighted by Gasteiger charge is 2.55. The van der Waals surface area contributed by atoms with E-state index in [1.807, 2.05) is 93.6 Å². The lowest BCUT2D eigenvalue weighted by Crippen LogP contribution is -2.47. The molecule has 204 valence electrons. The molecule has 2 saturated heterocycles. The second-order valence-corrected chi connectivity index (χ2v) is 11.2. The molecule has 0 unspecified atom stereocenters. The number of nitrogens with one attached hydrogen (secondary N) is 1. The number of anilines is 1. The number of nitrogens with zero attached hydrogens (tertiary/aromatic N) is 2. The Morgan fingerprint density at radius 2 is 1.62 bits per heavy atom. The van der Waals surface area contributed by atoms with Crippen LogP contribution in [0.15, 0.2) is 72.8 Å². The lowest BCUT2D eigenvalue weighted by atomic mass is 9.95. The summed E-state index contributed by atoms with van der Waals surface area (Å²) in [6, 6.07) is 22.6. The molecule has 2 heterocycles. The average Bonchev–Trinajstić information content (AvgIpc) is 3.51. The summed E-state index contributed by atoms with van der Waals surface area (Å²) in [4.78, 5) is 43.3. The average molecular weight is 530 g/mol. The Morgan fingerprint density at radius 1 is 0.897 bits per heavy atom. The van der Waals surface area contributed by atoms with Gasteiger partial charge in [0.1, 0.15) is 12.2 Å². The topological polar surface area (TPSA) is 88.2 Å². The summed E-state index contributed by atoms with van der Waals surface area (Å²) in [7, 11) is 0. The maximum absolute atomic E-state index is 13.7. The number of likely N-dealkylation sites (tertiary alicyclic amines) is 2. The fourth-order valence-corrected chi connectivity index (χ4v) is 5.61.